The summed E-state index contributed by atoms with van der Waals surface area (Å²) in [5.74, 6) is -0.942. The summed E-state index contributed by atoms with van der Waals surface area (Å²) in [4.78, 5) is 11.8. The average molecular weight is 311 g/mol. The molecule has 0 aliphatic rings. The third kappa shape index (κ3) is 3.23. The molecule has 3 rings (SSSR count). The number of nitrogen functional groups attached to an aromatic ring is 1. The van der Waals surface area contributed by atoms with Crippen LogP contribution in [0.4, 0.5) is 5.69 Å². The van der Waals surface area contributed by atoms with Gasteiger partial charge in [-0.15, -0.1) is 10.2 Å². The molecule has 116 valence electrons. The number of ketones is 1. The first kappa shape index (κ1) is 14.4. The van der Waals surface area contributed by atoms with E-state index in [1.807, 2.05) is 12.1 Å². The Morgan fingerprint density at radius 3 is 2.78 bits per heavy atom. The second kappa shape index (κ2) is 6.10. The topological polar surface area (TPSA) is 146 Å². The molecule has 0 spiro atoms. The van der Waals surface area contributed by atoms with Crippen molar-refractivity contribution in [1.29, 1.82) is 0 Å². The Kier molecular flexibility index (Phi) is 3.83. The fraction of sp³-hybridized carbons (Fsp3) is 0.0714. The molecule has 3 aromatic rings. The quantitative estimate of drug-likeness (QED) is 0.237. The van der Waals surface area contributed by atoms with E-state index in [1.54, 1.807) is 18.3 Å². The molecule has 0 radical (unpaired) electrons. The number of rotatable bonds is 5. The number of aromatic nitrogens is 6. The average Bonchev–Trinajstić information content (AvgIpc) is 3.20. The zero-order valence-corrected chi connectivity index (χ0v) is 11.9. The molecule has 0 aliphatic carbocycles. The summed E-state index contributed by atoms with van der Waals surface area (Å²) in [5.41, 5.74) is 8.43. The molecular formula is C14H13N7O2. The predicted molar refractivity (Wildman–Crippen MR) is 81.4 cm³/mol. The maximum absolute atomic E-state index is 11.8. The molecule has 2 aromatic heterocycles. The van der Waals surface area contributed by atoms with Crippen molar-refractivity contribution in [3.8, 4) is 0 Å². The molecule has 1 aromatic carbocycles. The number of nitrogens with zero attached hydrogens (tertiary/aromatic N) is 4. The summed E-state index contributed by atoms with van der Waals surface area (Å²) in [6.45, 7) is 0. The Labute approximate surface area is 130 Å². The van der Waals surface area contributed by atoms with Crippen LogP contribution in [0.5, 0.6) is 0 Å². The SMILES string of the molecule is Nc1ccc(Cc2cn[nH]c2C(O)=CC(=O)c2nn[nH]n2)cc1. The number of hydrogen-bond acceptors (Lipinski definition) is 7. The lowest BCUT2D eigenvalue weighted by Crippen LogP contribution is -2.01. The summed E-state index contributed by atoms with van der Waals surface area (Å²) in [7, 11) is 0. The van der Waals surface area contributed by atoms with Gasteiger partial charge in [-0.1, -0.05) is 12.1 Å². The number of carbonyl (C=O) groups excluding carboxylic acids is 1. The molecule has 0 amide bonds. The number of tetrazole rings is 1. The molecule has 9 nitrogen and oxygen atoms in total. The number of carbonyl (C=O) groups is 1. The molecule has 5 N–H and O–H groups in total. The predicted octanol–water partition coefficient (Wildman–Crippen LogP) is 0.878. The highest BCUT2D eigenvalue weighted by atomic mass is 16.3. The second-order valence-corrected chi connectivity index (χ2v) is 4.82. The second-order valence-electron chi connectivity index (χ2n) is 4.82. The van der Waals surface area contributed by atoms with Crippen LogP contribution in [0.1, 0.15) is 27.4 Å². The number of anilines is 1. The van der Waals surface area contributed by atoms with Crippen LogP contribution < -0.4 is 5.73 Å². The highest BCUT2D eigenvalue weighted by molar-refractivity contribution is 6.05. The molecule has 2 heterocycles. The van der Waals surface area contributed by atoms with E-state index in [2.05, 4.69) is 30.8 Å². The van der Waals surface area contributed by atoms with E-state index in [4.69, 9.17) is 5.73 Å². The van der Waals surface area contributed by atoms with E-state index in [-0.39, 0.29) is 11.6 Å². The Hall–Kier alpha value is -3.49. The van der Waals surface area contributed by atoms with Crippen molar-refractivity contribution in [3.05, 3.63) is 59.2 Å². The number of aliphatic hydroxyl groups is 1. The highest BCUT2D eigenvalue weighted by Crippen LogP contribution is 2.19. The van der Waals surface area contributed by atoms with Gasteiger partial charge in [0, 0.05) is 23.7 Å². The fourth-order valence-electron chi connectivity index (χ4n) is 2.05. The van der Waals surface area contributed by atoms with E-state index in [9.17, 15) is 9.90 Å². The zero-order chi connectivity index (χ0) is 16.2. The van der Waals surface area contributed by atoms with Crippen molar-refractivity contribution in [3.63, 3.8) is 0 Å². The van der Waals surface area contributed by atoms with Crippen LogP contribution >= 0.6 is 0 Å². The van der Waals surface area contributed by atoms with Crippen LogP contribution in [0.25, 0.3) is 5.76 Å². The highest BCUT2D eigenvalue weighted by Gasteiger charge is 2.14. The lowest BCUT2D eigenvalue weighted by molar-refractivity contribution is 0.103. The molecule has 0 saturated heterocycles. The van der Waals surface area contributed by atoms with Gasteiger partial charge in [-0.3, -0.25) is 9.89 Å². The third-order valence-corrected chi connectivity index (χ3v) is 3.18. The van der Waals surface area contributed by atoms with Crippen molar-refractivity contribution in [2.24, 2.45) is 0 Å². The number of nitrogens with two attached hydrogens (primary N) is 1. The first-order chi connectivity index (χ1) is 11.1. The van der Waals surface area contributed by atoms with E-state index in [0.717, 1.165) is 17.2 Å². The lowest BCUT2D eigenvalue weighted by Gasteiger charge is -2.03. The minimum atomic E-state index is -0.565. The van der Waals surface area contributed by atoms with Crippen molar-refractivity contribution in [2.75, 3.05) is 5.73 Å². The van der Waals surface area contributed by atoms with Gasteiger partial charge in [-0.2, -0.15) is 10.3 Å². The third-order valence-electron chi connectivity index (χ3n) is 3.18. The Morgan fingerprint density at radius 2 is 2.09 bits per heavy atom. The summed E-state index contributed by atoms with van der Waals surface area (Å²) < 4.78 is 0. The van der Waals surface area contributed by atoms with Gasteiger partial charge in [0.25, 0.3) is 0 Å². The van der Waals surface area contributed by atoms with Gasteiger partial charge in [0.05, 0.1) is 6.20 Å². The van der Waals surface area contributed by atoms with Crippen LogP contribution in [0.3, 0.4) is 0 Å². The fourth-order valence-corrected chi connectivity index (χ4v) is 2.05. The van der Waals surface area contributed by atoms with Gasteiger partial charge in [0.2, 0.25) is 11.6 Å². The Balaban J connectivity index is 1.82. The maximum atomic E-state index is 11.8. The van der Waals surface area contributed by atoms with Crippen molar-refractivity contribution in [2.45, 2.75) is 6.42 Å². The van der Waals surface area contributed by atoms with Gasteiger partial charge in [-0.05, 0) is 22.9 Å². The van der Waals surface area contributed by atoms with Crippen molar-refractivity contribution in [1.82, 2.24) is 30.8 Å². The van der Waals surface area contributed by atoms with Crippen LogP contribution in [0.15, 0.2) is 36.5 Å². The van der Waals surface area contributed by atoms with Crippen LogP contribution in [0, 0.1) is 0 Å². The maximum Gasteiger partial charge on any atom is 0.244 e. The van der Waals surface area contributed by atoms with Gasteiger partial charge in [0.1, 0.15) is 11.5 Å². The monoisotopic (exact) mass is 311 g/mol. The summed E-state index contributed by atoms with van der Waals surface area (Å²) in [5, 5.41) is 29.3. The van der Waals surface area contributed by atoms with Gasteiger partial charge >= 0.3 is 0 Å². The molecule has 0 atom stereocenters. The standard InChI is InChI=1S/C14H13N7O2/c15-10-3-1-8(2-4-10)5-9-7-16-17-13(9)11(22)6-12(23)14-18-20-21-19-14/h1-4,6-7,22H,5,15H2,(H,16,17)(H,18,19,20,21). The summed E-state index contributed by atoms with van der Waals surface area (Å²) in [6, 6.07) is 7.36. The van der Waals surface area contributed by atoms with Crippen LogP contribution in [-0.4, -0.2) is 41.7 Å². The van der Waals surface area contributed by atoms with Crippen LogP contribution in [-0.2, 0) is 6.42 Å². The molecule has 9 heteroatoms. The van der Waals surface area contributed by atoms with Gasteiger partial charge < -0.3 is 10.8 Å². The first-order valence-corrected chi connectivity index (χ1v) is 6.69. The molecule has 0 saturated carbocycles. The number of aromatic amines is 2. The van der Waals surface area contributed by atoms with Crippen LogP contribution in [0.2, 0.25) is 0 Å². The van der Waals surface area contributed by atoms with E-state index >= 15 is 0 Å². The van der Waals surface area contributed by atoms with Crippen molar-refractivity contribution < 1.29 is 9.90 Å². The van der Waals surface area contributed by atoms with E-state index < -0.39 is 5.78 Å². The Morgan fingerprint density at radius 1 is 1.30 bits per heavy atom. The largest absolute Gasteiger partial charge is 0.506 e. The first-order valence-electron chi connectivity index (χ1n) is 6.69. The minimum absolute atomic E-state index is 0.129. The van der Waals surface area contributed by atoms with E-state index in [1.165, 1.54) is 0 Å². The Bertz CT molecular complexity index is 834. The minimum Gasteiger partial charge on any atom is -0.506 e. The normalized spacial score (nSPS) is 11.6. The molecule has 0 aliphatic heterocycles. The molecular weight excluding hydrogens is 298 g/mol. The lowest BCUT2D eigenvalue weighted by atomic mass is 10.0. The number of H-pyrrole nitrogens is 2. The van der Waals surface area contributed by atoms with Gasteiger partial charge in [0.15, 0.2) is 0 Å². The van der Waals surface area contributed by atoms with Crippen molar-refractivity contribution >= 4 is 17.2 Å². The van der Waals surface area contributed by atoms with Gasteiger partial charge in [-0.25, -0.2) is 0 Å². The number of aliphatic hydroxyl groups excluding tert-OH is 1. The molecule has 0 fully saturated rings. The molecule has 0 unspecified atom stereocenters. The molecule has 0 bridgehead atoms. The molecule has 23 heavy (non-hydrogen) atoms. The summed E-state index contributed by atoms with van der Waals surface area (Å²) >= 11 is 0. The zero-order valence-electron chi connectivity index (χ0n) is 11.9. The number of hydrogen-bond donors (Lipinski definition) is 4. The summed E-state index contributed by atoms with van der Waals surface area (Å²) in [6.07, 6.45) is 3.14. The number of allylic oxidation sites excluding steroid dienone is 1. The number of nitrogens with one attached hydrogen (secondary N) is 2. The van der Waals surface area contributed by atoms with E-state index in [0.29, 0.717) is 17.8 Å². The number of benzene rings is 1. The smallest absolute Gasteiger partial charge is 0.244 e.